The average molecular weight is 280 g/mol. The molecule has 1 fully saturated rings. The summed E-state index contributed by atoms with van der Waals surface area (Å²) in [6.45, 7) is 4.04. The number of benzene rings is 1. The first kappa shape index (κ1) is 14.2. The Balaban J connectivity index is 1.68. The Bertz CT molecular complexity index is 653. The summed E-state index contributed by atoms with van der Waals surface area (Å²) in [6, 6.07) is 9.56. The minimum Gasteiger partial charge on any atom is -0.346 e. The Morgan fingerprint density at radius 2 is 2.14 bits per heavy atom. The molecule has 2 nitrogen and oxygen atoms in total. The van der Waals surface area contributed by atoms with E-state index in [1.165, 1.54) is 35.7 Å². The van der Waals surface area contributed by atoms with Crippen LogP contribution >= 0.6 is 0 Å². The molecule has 0 amide bonds. The van der Waals surface area contributed by atoms with Gasteiger partial charge in [-0.1, -0.05) is 18.2 Å². The van der Waals surface area contributed by atoms with E-state index in [1.54, 1.807) is 0 Å². The zero-order valence-corrected chi connectivity index (χ0v) is 12.9. The van der Waals surface area contributed by atoms with E-state index in [4.69, 9.17) is 0 Å². The average Bonchev–Trinajstić information content (AvgIpc) is 3.27. The van der Waals surface area contributed by atoms with Crippen LogP contribution in [0.4, 0.5) is 0 Å². The van der Waals surface area contributed by atoms with Gasteiger partial charge in [-0.3, -0.25) is 0 Å². The van der Waals surface area contributed by atoms with Crippen LogP contribution in [0.5, 0.6) is 0 Å². The Kier molecular flexibility index (Phi) is 4.62. The van der Waals surface area contributed by atoms with Crippen molar-refractivity contribution in [3.63, 3.8) is 0 Å². The van der Waals surface area contributed by atoms with Gasteiger partial charge in [0, 0.05) is 36.1 Å². The third-order valence-corrected chi connectivity index (χ3v) is 4.16. The van der Waals surface area contributed by atoms with E-state index in [0.29, 0.717) is 0 Å². The van der Waals surface area contributed by atoms with Crippen LogP contribution in [0.15, 0.2) is 30.5 Å². The molecule has 110 valence electrons. The summed E-state index contributed by atoms with van der Waals surface area (Å²) in [6.07, 6.45) is 8.39. The summed E-state index contributed by atoms with van der Waals surface area (Å²) in [7, 11) is 0. The Morgan fingerprint density at radius 1 is 1.29 bits per heavy atom. The van der Waals surface area contributed by atoms with E-state index < -0.39 is 0 Å². The van der Waals surface area contributed by atoms with Gasteiger partial charge in [0.2, 0.25) is 0 Å². The number of hydrogen-bond donors (Lipinski definition) is 1. The van der Waals surface area contributed by atoms with Crippen molar-refractivity contribution in [1.29, 1.82) is 0 Å². The summed E-state index contributed by atoms with van der Waals surface area (Å²) in [5.41, 5.74) is 2.83. The van der Waals surface area contributed by atoms with Crippen LogP contribution in [0.3, 0.4) is 0 Å². The zero-order valence-electron chi connectivity index (χ0n) is 12.9. The number of fused-ring (bicyclic) bond motifs is 1. The maximum Gasteiger partial charge on any atom is 0.0483 e. The van der Waals surface area contributed by atoms with Gasteiger partial charge in [-0.15, -0.1) is 11.8 Å². The molecule has 2 heteroatoms. The summed E-state index contributed by atoms with van der Waals surface area (Å²) < 4.78 is 2.36. The van der Waals surface area contributed by atoms with Crippen molar-refractivity contribution in [2.45, 2.75) is 51.6 Å². The molecule has 1 N–H and O–H groups in total. The molecule has 0 saturated heterocycles. The molecule has 3 rings (SSSR count). The van der Waals surface area contributed by atoms with Crippen LogP contribution < -0.4 is 5.32 Å². The molecule has 0 atom stereocenters. The van der Waals surface area contributed by atoms with Crippen molar-refractivity contribution in [3.05, 3.63) is 36.0 Å². The summed E-state index contributed by atoms with van der Waals surface area (Å²) >= 11 is 0. The van der Waals surface area contributed by atoms with Gasteiger partial charge in [-0.2, -0.15) is 0 Å². The van der Waals surface area contributed by atoms with Crippen molar-refractivity contribution in [3.8, 4) is 11.8 Å². The lowest BCUT2D eigenvalue weighted by Crippen LogP contribution is -2.17. The van der Waals surface area contributed by atoms with Crippen LogP contribution in [0.25, 0.3) is 10.9 Å². The first-order valence-corrected chi connectivity index (χ1v) is 8.08. The smallest absolute Gasteiger partial charge is 0.0483 e. The zero-order chi connectivity index (χ0) is 14.5. The molecule has 1 saturated carbocycles. The second-order valence-electron chi connectivity index (χ2n) is 5.87. The van der Waals surface area contributed by atoms with E-state index in [-0.39, 0.29) is 0 Å². The minimum atomic E-state index is 0.818. The van der Waals surface area contributed by atoms with Crippen molar-refractivity contribution in [2.75, 3.05) is 6.54 Å². The number of nitrogens with zero attached hydrogens (tertiary/aromatic N) is 1. The van der Waals surface area contributed by atoms with Gasteiger partial charge < -0.3 is 9.88 Å². The molecule has 0 aliphatic heterocycles. The van der Waals surface area contributed by atoms with Gasteiger partial charge in [0.05, 0.1) is 0 Å². The van der Waals surface area contributed by atoms with Crippen LogP contribution in [0.1, 0.15) is 38.2 Å². The first-order valence-electron chi connectivity index (χ1n) is 8.08. The number of aryl methyl sites for hydroxylation is 2. The fraction of sp³-hybridized carbons (Fsp3) is 0.474. The molecule has 0 spiro atoms. The molecule has 0 bridgehead atoms. The quantitative estimate of drug-likeness (QED) is 0.604. The van der Waals surface area contributed by atoms with Crippen molar-refractivity contribution in [2.24, 2.45) is 0 Å². The molecule has 0 unspecified atom stereocenters. The predicted molar refractivity (Wildman–Crippen MR) is 89.4 cm³/mol. The number of para-hydroxylation sites is 1. The Labute approximate surface area is 127 Å². The highest BCUT2D eigenvalue weighted by Gasteiger charge is 2.19. The van der Waals surface area contributed by atoms with E-state index >= 15 is 0 Å². The molecule has 0 radical (unpaired) electrons. The molecule has 1 aliphatic carbocycles. The van der Waals surface area contributed by atoms with Gasteiger partial charge in [-0.05, 0) is 50.8 Å². The van der Waals surface area contributed by atoms with Gasteiger partial charge in [0.15, 0.2) is 0 Å². The maximum atomic E-state index is 3.60. The molecular formula is C19H24N2. The largest absolute Gasteiger partial charge is 0.346 e. The standard InChI is InChI=1S/C19H24N2/c1-2-3-6-14-21-15-16(8-7-13-20-17-11-12-17)18-9-4-5-10-19(18)21/h4-5,9-10,15,17,20H,6-8,11-14H2,1H3. The molecule has 21 heavy (non-hydrogen) atoms. The predicted octanol–water partition coefficient (Wildman–Crippen LogP) is 3.74. The molecule has 1 aromatic heterocycles. The van der Waals surface area contributed by atoms with Crippen molar-refractivity contribution >= 4 is 10.9 Å². The van der Waals surface area contributed by atoms with E-state index in [9.17, 15) is 0 Å². The fourth-order valence-corrected chi connectivity index (χ4v) is 2.88. The molecular weight excluding hydrogens is 256 g/mol. The fourth-order valence-electron chi connectivity index (χ4n) is 2.88. The summed E-state index contributed by atoms with van der Waals surface area (Å²) in [4.78, 5) is 0. The van der Waals surface area contributed by atoms with E-state index in [2.05, 4.69) is 52.2 Å². The normalized spacial score (nSPS) is 14.1. The third kappa shape index (κ3) is 3.68. The Hall–Kier alpha value is -1.72. The third-order valence-electron chi connectivity index (χ3n) is 4.16. The van der Waals surface area contributed by atoms with Gasteiger partial charge in [-0.25, -0.2) is 0 Å². The highest BCUT2D eigenvalue weighted by molar-refractivity contribution is 5.84. The highest BCUT2D eigenvalue weighted by atomic mass is 15.0. The van der Waals surface area contributed by atoms with Crippen molar-refractivity contribution in [1.82, 2.24) is 9.88 Å². The van der Waals surface area contributed by atoms with Gasteiger partial charge in [0.1, 0.15) is 0 Å². The second-order valence-corrected chi connectivity index (χ2v) is 5.87. The number of rotatable bonds is 7. The number of nitrogens with one attached hydrogen (secondary N) is 1. The first-order chi connectivity index (χ1) is 10.4. The van der Waals surface area contributed by atoms with Crippen molar-refractivity contribution < 1.29 is 0 Å². The summed E-state index contributed by atoms with van der Waals surface area (Å²) in [5, 5.41) is 5.01. The van der Waals surface area contributed by atoms with E-state index in [1.807, 2.05) is 6.92 Å². The molecule has 2 aromatic rings. The lowest BCUT2D eigenvalue weighted by Gasteiger charge is -2.02. The van der Waals surface area contributed by atoms with Crippen LogP contribution in [0, 0.1) is 11.8 Å². The second kappa shape index (κ2) is 6.83. The monoisotopic (exact) mass is 280 g/mol. The molecule has 1 aliphatic rings. The van der Waals surface area contributed by atoms with E-state index in [0.717, 1.165) is 32.0 Å². The lowest BCUT2D eigenvalue weighted by molar-refractivity contribution is 0.645. The topological polar surface area (TPSA) is 17.0 Å². The lowest BCUT2D eigenvalue weighted by atomic mass is 10.1. The number of hydrogen-bond acceptors (Lipinski definition) is 1. The van der Waals surface area contributed by atoms with Crippen LogP contribution in [0.2, 0.25) is 0 Å². The molecule has 1 aromatic carbocycles. The SMILES string of the molecule is CC#CCCn1cc(CCCNC2CC2)c2ccccc21. The highest BCUT2D eigenvalue weighted by Crippen LogP contribution is 2.23. The molecule has 1 heterocycles. The minimum absolute atomic E-state index is 0.818. The van der Waals surface area contributed by atoms with Gasteiger partial charge in [0.25, 0.3) is 0 Å². The summed E-state index contributed by atoms with van der Waals surface area (Å²) in [5.74, 6) is 6.14. The number of aromatic nitrogens is 1. The van der Waals surface area contributed by atoms with Gasteiger partial charge >= 0.3 is 0 Å². The Morgan fingerprint density at radius 3 is 2.95 bits per heavy atom. The van der Waals surface area contributed by atoms with Crippen LogP contribution in [-0.4, -0.2) is 17.2 Å². The van der Waals surface area contributed by atoms with Crippen LogP contribution in [-0.2, 0) is 13.0 Å². The maximum absolute atomic E-state index is 3.60.